The normalized spacial score (nSPS) is 17.2. The number of hydrogen-bond acceptors (Lipinski definition) is 9. The third-order valence-electron chi connectivity index (χ3n) is 7.47. The molecule has 0 spiro atoms. The lowest BCUT2D eigenvalue weighted by Crippen LogP contribution is -2.44. The number of nitrogens with zero attached hydrogens (tertiary/aromatic N) is 4. The summed E-state index contributed by atoms with van der Waals surface area (Å²) in [6, 6.07) is 8.58. The molecule has 1 N–H and O–H groups in total. The second kappa shape index (κ2) is 10.4. The van der Waals surface area contributed by atoms with Gasteiger partial charge in [-0.3, -0.25) is 4.79 Å². The summed E-state index contributed by atoms with van der Waals surface area (Å²) in [5.74, 6) is -0.456. The molecule has 4 heterocycles. The minimum absolute atomic E-state index is 0.0663. The number of carbonyl (C=O) groups is 3. The van der Waals surface area contributed by atoms with Crippen LogP contribution in [-0.4, -0.2) is 75.4 Å². The molecule has 0 saturated carbocycles. The van der Waals surface area contributed by atoms with Crippen LogP contribution in [0.3, 0.4) is 0 Å². The summed E-state index contributed by atoms with van der Waals surface area (Å²) in [5.41, 5.74) is 0.174. The molecule has 0 aliphatic carbocycles. The summed E-state index contributed by atoms with van der Waals surface area (Å²) >= 11 is 0. The van der Waals surface area contributed by atoms with Crippen LogP contribution in [0.15, 0.2) is 35.1 Å². The fourth-order valence-electron chi connectivity index (χ4n) is 5.03. The number of rotatable bonds is 5. The van der Waals surface area contributed by atoms with Crippen molar-refractivity contribution in [1.82, 2.24) is 19.4 Å². The fourth-order valence-corrected chi connectivity index (χ4v) is 5.03. The Kier molecular flexibility index (Phi) is 7.22. The molecule has 0 saturated heterocycles. The molecule has 1 atom stereocenters. The second-order valence-corrected chi connectivity index (χ2v) is 11.6. The molecule has 42 heavy (non-hydrogen) atoms. The molecule has 5 rings (SSSR count). The Morgan fingerprint density at radius 2 is 1.79 bits per heavy atom. The van der Waals surface area contributed by atoms with Crippen molar-refractivity contribution in [2.75, 3.05) is 27.2 Å². The molecule has 12 nitrogen and oxygen atoms in total. The van der Waals surface area contributed by atoms with Crippen molar-refractivity contribution in [3.63, 3.8) is 0 Å². The van der Waals surface area contributed by atoms with Gasteiger partial charge in [-0.1, -0.05) is 6.92 Å². The molecule has 2 aliphatic heterocycles. The lowest BCUT2D eigenvalue weighted by atomic mass is 9.86. The van der Waals surface area contributed by atoms with E-state index in [1.165, 1.54) is 9.80 Å². The first kappa shape index (κ1) is 29.1. The van der Waals surface area contributed by atoms with Gasteiger partial charge >= 0.3 is 18.2 Å². The number of aliphatic hydroxyl groups is 1. The molecule has 1 aromatic carbocycles. The van der Waals surface area contributed by atoms with Gasteiger partial charge in [0.25, 0.3) is 5.56 Å². The zero-order valence-electron chi connectivity index (χ0n) is 24.5. The van der Waals surface area contributed by atoms with Crippen LogP contribution < -0.4 is 10.3 Å². The number of benzene rings is 1. The standard InChI is InChI=1S/C30H34N4O8/c1-7-30(39)21-14-23-24-18(15-34(23)25(35)20(21)16-40-26(30)36)12-17-13-19(8-9-22(17)31-24)41-27(37)32(5)10-11-33(6)28(38)42-29(2,3)4/h8-9,12-14,39H,7,10-11,15-16H2,1-6H3/t30-/m0/s1. The van der Waals surface area contributed by atoms with Crippen molar-refractivity contribution in [2.24, 2.45) is 0 Å². The maximum Gasteiger partial charge on any atom is 0.415 e. The van der Waals surface area contributed by atoms with Crippen molar-refractivity contribution in [2.45, 2.75) is 58.5 Å². The highest BCUT2D eigenvalue weighted by atomic mass is 16.6. The van der Waals surface area contributed by atoms with Gasteiger partial charge in [0.05, 0.1) is 29.0 Å². The second-order valence-electron chi connectivity index (χ2n) is 11.6. The van der Waals surface area contributed by atoms with E-state index in [-0.39, 0.29) is 49.3 Å². The van der Waals surface area contributed by atoms with Gasteiger partial charge in [0, 0.05) is 43.7 Å². The van der Waals surface area contributed by atoms with E-state index in [4.69, 9.17) is 19.2 Å². The van der Waals surface area contributed by atoms with Gasteiger partial charge in [-0.25, -0.2) is 19.4 Å². The van der Waals surface area contributed by atoms with Crippen LogP contribution in [0.2, 0.25) is 0 Å². The smallest absolute Gasteiger partial charge is 0.415 e. The van der Waals surface area contributed by atoms with E-state index in [0.717, 1.165) is 5.56 Å². The van der Waals surface area contributed by atoms with E-state index >= 15 is 0 Å². The molecule has 12 heteroatoms. The van der Waals surface area contributed by atoms with E-state index in [1.807, 2.05) is 6.07 Å². The first-order valence-corrected chi connectivity index (χ1v) is 13.7. The molecular formula is C30H34N4O8. The Labute approximate surface area is 242 Å². The minimum atomic E-state index is -1.89. The summed E-state index contributed by atoms with van der Waals surface area (Å²) in [5, 5.41) is 11.7. The predicted molar refractivity (Wildman–Crippen MR) is 152 cm³/mol. The van der Waals surface area contributed by atoms with Crippen LogP contribution in [-0.2, 0) is 33.0 Å². The molecule has 0 fully saturated rings. The van der Waals surface area contributed by atoms with Gasteiger partial charge in [-0.05, 0) is 57.5 Å². The van der Waals surface area contributed by atoms with Gasteiger partial charge in [0.2, 0.25) is 0 Å². The molecule has 222 valence electrons. The van der Waals surface area contributed by atoms with Crippen LogP contribution in [0.4, 0.5) is 9.59 Å². The monoisotopic (exact) mass is 578 g/mol. The third kappa shape index (κ3) is 5.18. The molecule has 0 unspecified atom stereocenters. The first-order chi connectivity index (χ1) is 19.7. The number of likely N-dealkylation sites (N-methyl/N-ethyl adjacent to an activating group) is 2. The molecular weight excluding hydrogens is 544 g/mol. The molecule has 2 aliphatic rings. The summed E-state index contributed by atoms with van der Waals surface area (Å²) in [6.07, 6.45) is -1.01. The molecule has 0 bridgehead atoms. The third-order valence-corrected chi connectivity index (χ3v) is 7.47. The van der Waals surface area contributed by atoms with E-state index in [0.29, 0.717) is 28.0 Å². The van der Waals surface area contributed by atoms with Crippen LogP contribution in [0.25, 0.3) is 22.3 Å². The molecule has 3 aromatic rings. The number of hydrogen-bond donors (Lipinski definition) is 1. The average Bonchev–Trinajstić information content (AvgIpc) is 3.29. The lowest BCUT2D eigenvalue weighted by molar-refractivity contribution is -0.172. The number of carbonyl (C=O) groups excluding carboxylic acids is 3. The van der Waals surface area contributed by atoms with E-state index in [9.17, 15) is 24.3 Å². The van der Waals surface area contributed by atoms with Crippen molar-refractivity contribution in [3.8, 4) is 17.1 Å². The number of amides is 2. The van der Waals surface area contributed by atoms with Gasteiger partial charge in [0.1, 0.15) is 18.0 Å². The highest BCUT2D eigenvalue weighted by Crippen LogP contribution is 2.38. The Morgan fingerprint density at radius 3 is 2.45 bits per heavy atom. The topological polar surface area (TPSA) is 140 Å². The minimum Gasteiger partial charge on any atom is -0.458 e. The van der Waals surface area contributed by atoms with Crippen LogP contribution in [0.1, 0.15) is 50.8 Å². The number of ether oxygens (including phenoxy) is 3. The Morgan fingerprint density at radius 1 is 1.10 bits per heavy atom. The quantitative estimate of drug-likeness (QED) is 0.353. The molecule has 2 amide bonds. The number of pyridine rings is 2. The van der Waals surface area contributed by atoms with Gasteiger partial charge in [0.15, 0.2) is 5.60 Å². The first-order valence-electron chi connectivity index (χ1n) is 13.7. The van der Waals surface area contributed by atoms with Crippen LogP contribution in [0, 0.1) is 0 Å². The fraction of sp³-hybridized carbons (Fsp3) is 0.433. The van der Waals surface area contributed by atoms with Gasteiger partial charge < -0.3 is 33.7 Å². The predicted octanol–water partition coefficient (Wildman–Crippen LogP) is 3.38. The largest absolute Gasteiger partial charge is 0.458 e. The Balaban J connectivity index is 1.34. The average molecular weight is 579 g/mol. The summed E-state index contributed by atoms with van der Waals surface area (Å²) < 4.78 is 17.6. The number of fused-ring (bicyclic) bond motifs is 5. The number of esters is 1. The summed E-state index contributed by atoms with van der Waals surface area (Å²) in [6.45, 7) is 7.57. The van der Waals surface area contributed by atoms with Crippen molar-refractivity contribution in [1.29, 1.82) is 0 Å². The SMILES string of the molecule is CC[C@@]1(O)C(=O)OCc2c1cc1n(c2=O)Cc2cc3cc(OC(=O)N(C)CCN(C)C(=O)OC(C)(C)C)ccc3nc2-1. The zero-order chi connectivity index (χ0) is 30.6. The molecule has 0 radical (unpaired) electrons. The van der Waals surface area contributed by atoms with E-state index < -0.39 is 29.4 Å². The van der Waals surface area contributed by atoms with Crippen LogP contribution >= 0.6 is 0 Å². The van der Waals surface area contributed by atoms with E-state index in [2.05, 4.69) is 0 Å². The van der Waals surface area contributed by atoms with Crippen molar-refractivity contribution in [3.05, 3.63) is 57.4 Å². The molecule has 2 aromatic heterocycles. The maximum atomic E-state index is 13.4. The Bertz CT molecular complexity index is 1670. The summed E-state index contributed by atoms with van der Waals surface area (Å²) in [7, 11) is 3.18. The maximum absolute atomic E-state index is 13.4. The van der Waals surface area contributed by atoms with E-state index in [1.54, 1.807) is 70.6 Å². The van der Waals surface area contributed by atoms with Crippen molar-refractivity contribution < 1.29 is 33.7 Å². The highest BCUT2D eigenvalue weighted by molar-refractivity contribution is 5.87. The van der Waals surface area contributed by atoms with Crippen LogP contribution in [0.5, 0.6) is 5.75 Å². The Hall–Kier alpha value is -4.45. The zero-order valence-corrected chi connectivity index (χ0v) is 24.5. The van der Waals surface area contributed by atoms with Crippen molar-refractivity contribution >= 4 is 29.1 Å². The highest BCUT2D eigenvalue weighted by Gasteiger charge is 2.45. The lowest BCUT2D eigenvalue weighted by Gasteiger charge is -2.31. The summed E-state index contributed by atoms with van der Waals surface area (Å²) in [4.78, 5) is 58.1. The number of cyclic esters (lactones) is 1. The van der Waals surface area contributed by atoms with Gasteiger partial charge in [-0.15, -0.1) is 0 Å². The number of aromatic nitrogens is 2. The van der Waals surface area contributed by atoms with Gasteiger partial charge in [-0.2, -0.15) is 0 Å².